The largest absolute Gasteiger partial charge is 0.241 e. The first-order valence-corrected chi connectivity index (χ1v) is 6.59. The predicted molar refractivity (Wildman–Crippen MR) is 72.1 cm³/mol. The molecule has 0 fully saturated rings. The molecule has 0 saturated carbocycles. The quantitative estimate of drug-likeness (QED) is 0.763. The lowest BCUT2D eigenvalue weighted by molar-refractivity contribution is 0.902. The van der Waals surface area contributed by atoms with Gasteiger partial charge < -0.3 is 0 Å². The Morgan fingerprint density at radius 2 is 2.18 bits per heavy atom. The molecule has 1 heterocycles. The van der Waals surface area contributed by atoms with Crippen LogP contribution >= 0.6 is 11.8 Å². The summed E-state index contributed by atoms with van der Waals surface area (Å²) in [5.74, 6) is 0. The minimum absolute atomic E-state index is 0.523. The molecule has 0 N–H and O–H groups in total. The summed E-state index contributed by atoms with van der Waals surface area (Å²) in [7, 11) is 0. The molecule has 2 aromatic rings. The van der Waals surface area contributed by atoms with Gasteiger partial charge >= 0.3 is 0 Å². The van der Waals surface area contributed by atoms with Crippen molar-refractivity contribution in [1.29, 1.82) is 5.26 Å². The van der Waals surface area contributed by atoms with Gasteiger partial charge in [-0.2, -0.15) is 5.26 Å². The summed E-state index contributed by atoms with van der Waals surface area (Å²) in [6.07, 6.45) is 1.10. The van der Waals surface area contributed by atoms with Crippen LogP contribution in [-0.4, -0.2) is 10.2 Å². The van der Waals surface area contributed by atoms with Gasteiger partial charge in [0.25, 0.3) is 0 Å². The Morgan fingerprint density at radius 1 is 1.41 bits per heavy atom. The summed E-state index contributed by atoms with van der Waals surface area (Å²) in [6, 6.07) is 11.9. The molecule has 1 aromatic carbocycles. The fourth-order valence-corrected chi connectivity index (χ4v) is 2.51. The SMILES string of the molecule is CCC(C)Sc1cc(C#N)c2ccccc2n1. The van der Waals surface area contributed by atoms with Gasteiger partial charge in [0.05, 0.1) is 22.2 Å². The second-order valence-electron chi connectivity index (χ2n) is 3.97. The smallest absolute Gasteiger partial charge is 0.0999 e. The number of pyridine rings is 1. The molecular weight excluding hydrogens is 228 g/mol. The van der Waals surface area contributed by atoms with Crippen molar-refractivity contribution < 1.29 is 0 Å². The molecule has 17 heavy (non-hydrogen) atoms. The normalized spacial score (nSPS) is 12.3. The van der Waals surface area contributed by atoms with Crippen LogP contribution in [0.2, 0.25) is 0 Å². The third kappa shape index (κ3) is 2.59. The number of nitrogens with zero attached hydrogens (tertiary/aromatic N) is 2. The highest BCUT2D eigenvalue weighted by atomic mass is 32.2. The number of rotatable bonds is 3. The molecular formula is C14H14N2S. The predicted octanol–water partition coefficient (Wildman–Crippen LogP) is 4.00. The molecule has 0 bridgehead atoms. The van der Waals surface area contributed by atoms with E-state index in [2.05, 4.69) is 24.9 Å². The van der Waals surface area contributed by atoms with E-state index in [0.29, 0.717) is 10.8 Å². The van der Waals surface area contributed by atoms with Crippen molar-refractivity contribution in [2.45, 2.75) is 30.5 Å². The number of hydrogen-bond acceptors (Lipinski definition) is 3. The van der Waals surface area contributed by atoms with Crippen molar-refractivity contribution >= 4 is 22.7 Å². The number of fused-ring (bicyclic) bond motifs is 1. The maximum Gasteiger partial charge on any atom is 0.0999 e. The average molecular weight is 242 g/mol. The third-order valence-corrected chi connectivity index (χ3v) is 3.90. The van der Waals surface area contributed by atoms with Crippen molar-refractivity contribution in [3.8, 4) is 6.07 Å². The Morgan fingerprint density at radius 3 is 2.88 bits per heavy atom. The van der Waals surface area contributed by atoms with Crippen molar-refractivity contribution in [2.24, 2.45) is 0 Å². The molecule has 2 rings (SSSR count). The van der Waals surface area contributed by atoms with E-state index in [9.17, 15) is 0 Å². The first-order chi connectivity index (χ1) is 8.24. The van der Waals surface area contributed by atoms with Gasteiger partial charge in [0.2, 0.25) is 0 Å². The molecule has 1 atom stereocenters. The number of nitriles is 1. The van der Waals surface area contributed by atoms with Crippen LogP contribution in [0.3, 0.4) is 0 Å². The Hall–Kier alpha value is -1.53. The minimum Gasteiger partial charge on any atom is -0.241 e. The molecule has 1 unspecified atom stereocenters. The van der Waals surface area contributed by atoms with Crippen molar-refractivity contribution in [2.75, 3.05) is 0 Å². The van der Waals surface area contributed by atoms with Crippen LogP contribution in [0.4, 0.5) is 0 Å². The average Bonchev–Trinajstić information content (AvgIpc) is 2.37. The van der Waals surface area contributed by atoms with Crippen molar-refractivity contribution in [3.63, 3.8) is 0 Å². The zero-order valence-electron chi connectivity index (χ0n) is 9.97. The molecule has 0 radical (unpaired) electrons. The molecule has 1 aromatic heterocycles. The molecule has 2 nitrogen and oxygen atoms in total. The van der Waals surface area contributed by atoms with Gasteiger partial charge in [-0.3, -0.25) is 0 Å². The van der Waals surface area contributed by atoms with Crippen LogP contribution in [0.1, 0.15) is 25.8 Å². The molecule has 0 aliphatic rings. The van der Waals surface area contributed by atoms with Crippen LogP contribution in [-0.2, 0) is 0 Å². The zero-order chi connectivity index (χ0) is 12.3. The van der Waals surface area contributed by atoms with Gasteiger partial charge in [0.15, 0.2) is 0 Å². The Labute approximate surface area is 106 Å². The van der Waals surface area contributed by atoms with E-state index in [1.807, 2.05) is 30.3 Å². The Bertz CT molecular complexity index is 572. The van der Waals surface area contributed by atoms with E-state index in [1.54, 1.807) is 11.8 Å². The van der Waals surface area contributed by atoms with Crippen molar-refractivity contribution in [1.82, 2.24) is 4.98 Å². The van der Waals surface area contributed by atoms with E-state index < -0.39 is 0 Å². The van der Waals surface area contributed by atoms with Crippen LogP contribution < -0.4 is 0 Å². The van der Waals surface area contributed by atoms with E-state index in [-0.39, 0.29) is 0 Å². The van der Waals surface area contributed by atoms with Gasteiger partial charge in [-0.15, -0.1) is 11.8 Å². The third-order valence-electron chi connectivity index (χ3n) is 2.71. The standard InChI is InChI=1S/C14H14N2S/c1-3-10(2)17-14-8-11(9-15)12-6-4-5-7-13(12)16-14/h4-8,10H,3H2,1-2H3. The molecule has 0 aliphatic heterocycles. The first-order valence-electron chi connectivity index (χ1n) is 5.71. The van der Waals surface area contributed by atoms with Gasteiger partial charge in [-0.1, -0.05) is 32.0 Å². The van der Waals surface area contributed by atoms with E-state index in [4.69, 9.17) is 5.26 Å². The highest BCUT2D eigenvalue weighted by Crippen LogP contribution is 2.27. The number of thioether (sulfide) groups is 1. The molecule has 0 amide bonds. The summed E-state index contributed by atoms with van der Waals surface area (Å²) in [4.78, 5) is 4.58. The molecule has 0 saturated heterocycles. The summed E-state index contributed by atoms with van der Waals surface area (Å²) in [5.41, 5.74) is 1.61. The fraction of sp³-hybridized carbons (Fsp3) is 0.286. The summed E-state index contributed by atoms with van der Waals surface area (Å²) >= 11 is 1.73. The maximum atomic E-state index is 9.16. The molecule has 86 valence electrons. The number of hydrogen-bond donors (Lipinski definition) is 0. The maximum absolute atomic E-state index is 9.16. The van der Waals surface area contributed by atoms with E-state index >= 15 is 0 Å². The zero-order valence-corrected chi connectivity index (χ0v) is 10.8. The van der Waals surface area contributed by atoms with Crippen LogP contribution in [0.5, 0.6) is 0 Å². The summed E-state index contributed by atoms with van der Waals surface area (Å²) in [6.45, 7) is 4.33. The highest BCUT2D eigenvalue weighted by Gasteiger charge is 2.08. The summed E-state index contributed by atoms with van der Waals surface area (Å²) in [5, 5.41) is 11.6. The monoisotopic (exact) mass is 242 g/mol. The van der Waals surface area contributed by atoms with Gasteiger partial charge in [0.1, 0.15) is 0 Å². The Balaban J connectivity index is 2.50. The van der Waals surface area contributed by atoms with Gasteiger partial charge in [-0.05, 0) is 18.6 Å². The van der Waals surface area contributed by atoms with Crippen LogP contribution in [0, 0.1) is 11.3 Å². The first kappa shape index (κ1) is 11.9. The topological polar surface area (TPSA) is 36.7 Å². The Kier molecular flexibility index (Phi) is 3.65. The number of aromatic nitrogens is 1. The lowest BCUT2D eigenvalue weighted by atomic mass is 10.1. The summed E-state index contributed by atoms with van der Waals surface area (Å²) < 4.78 is 0. The van der Waals surface area contributed by atoms with Crippen molar-refractivity contribution in [3.05, 3.63) is 35.9 Å². The highest BCUT2D eigenvalue weighted by molar-refractivity contribution is 7.99. The van der Waals surface area contributed by atoms with Crippen LogP contribution in [0.15, 0.2) is 35.4 Å². The van der Waals surface area contributed by atoms with Gasteiger partial charge in [-0.25, -0.2) is 4.98 Å². The number of para-hydroxylation sites is 1. The lowest BCUT2D eigenvalue weighted by Crippen LogP contribution is -1.95. The number of benzene rings is 1. The fourth-order valence-electron chi connectivity index (χ4n) is 1.59. The molecule has 0 aliphatic carbocycles. The lowest BCUT2D eigenvalue weighted by Gasteiger charge is -2.08. The molecule has 0 spiro atoms. The van der Waals surface area contributed by atoms with Crippen LogP contribution in [0.25, 0.3) is 10.9 Å². The van der Waals surface area contributed by atoms with E-state index in [1.165, 1.54) is 0 Å². The van der Waals surface area contributed by atoms with Gasteiger partial charge in [0, 0.05) is 10.6 Å². The second-order valence-corrected chi connectivity index (χ2v) is 5.43. The van der Waals surface area contributed by atoms with E-state index in [0.717, 1.165) is 22.3 Å². The second kappa shape index (κ2) is 5.20. The molecule has 3 heteroatoms. The minimum atomic E-state index is 0.523.